The Bertz CT molecular complexity index is 634. The van der Waals surface area contributed by atoms with Gasteiger partial charge in [-0.25, -0.2) is 0 Å². The third kappa shape index (κ3) is 2.56. The van der Waals surface area contributed by atoms with Gasteiger partial charge < -0.3 is 4.98 Å². The second-order valence-electron chi connectivity index (χ2n) is 3.64. The molecular weight excluding hydrogens is 267 g/mol. The molecule has 0 amide bonds. The van der Waals surface area contributed by atoms with E-state index in [0.717, 1.165) is 12.1 Å². The fourth-order valence-corrected chi connectivity index (χ4v) is 1.67. The van der Waals surface area contributed by atoms with Crippen LogP contribution in [-0.4, -0.2) is 4.98 Å². The molecule has 94 valence electrons. The first-order chi connectivity index (χ1) is 8.38. The first-order valence-electron chi connectivity index (χ1n) is 4.94. The lowest BCUT2D eigenvalue weighted by atomic mass is 10.0. The third-order valence-electron chi connectivity index (χ3n) is 2.38. The van der Waals surface area contributed by atoms with E-state index in [-0.39, 0.29) is 5.02 Å². The smallest absolute Gasteiger partial charge is 0.327 e. The zero-order chi connectivity index (χ0) is 13.3. The maximum Gasteiger partial charge on any atom is 0.416 e. The van der Waals surface area contributed by atoms with Crippen LogP contribution in [-0.2, 0) is 6.18 Å². The monoisotopic (exact) mass is 273 g/mol. The number of pyridine rings is 1. The number of aromatic amines is 1. The molecular formula is C12H7ClF3NO. The minimum absolute atomic E-state index is 0.0649. The lowest BCUT2D eigenvalue weighted by Crippen LogP contribution is -2.06. The summed E-state index contributed by atoms with van der Waals surface area (Å²) in [6, 6.07) is 6.13. The van der Waals surface area contributed by atoms with Crippen molar-refractivity contribution in [3.63, 3.8) is 0 Å². The molecule has 0 saturated carbocycles. The summed E-state index contributed by atoms with van der Waals surface area (Å²) in [4.78, 5) is 13.4. The van der Waals surface area contributed by atoms with E-state index in [1.54, 1.807) is 0 Å². The minimum atomic E-state index is -4.40. The number of alkyl halides is 3. The van der Waals surface area contributed by atoms with Crippen LogP contribution in [0.1, 0.15) is 5.56 Å². The normalized spacial score (nSPS) is 11.6. The fourth-order valence-electron chi connectivity index (χ4n) is 1.50. The predicted octanol–water partition coefficient (Wildman–Crippen LogP) is 3.71. The van der Waals surface area contributed by atoms with Crippen LogP contribution in [0.3, 0.4) is 0 Å². The molecule has 0 fully saturated rings. The Morgan fingerprint density at radius 2 is 1.83 bits per heavy atom. The molecule has 0 saturated heterocycles. The molecule has 1 N–H and O–H groups in total. The molecule has 2 aromatic rings. The van der Waals surface area contributed by atoms with Crippen LogP contribution in [0.25, 0.3) is 11.1 Å². The van der Waals surface area contributed by atoms with Gasteiger partial charge in [0.25, 0.3) is 5.56 Å². The second kappa shape index (κ2) is 4.49. The number of nitrogens with one attached hydrogen (secondary N) is 1. The highest BCUT2D eigenvalue weighted by molar-refractivity contribution is 6.30. The van der Waals surface area contributed by atoms with Crippen molar-refractivity contribution in [2.45, 2.75) is 6.18 Å². The van der Waals surface area contributed by atoms with Gasteiger partial charge in [-0.1, -0.05) is 23.7 Å². The van der Waals surface area contributed by atoms with Crippen molar-refractivity contribution in [3.8, 4) is 11.1 Å². The highest BCUT2D eigenvalue weighted by Crippen LogP contribution is 2.32. The molecule has 0 aliphatic carbocycles. The van der Waals surface area contributed by atoms with Gasteiger partial charge in [-0.15, -0.1) is 0 Å². The van der Waals surface area contributed by atoms with Crippen LogP contribution in [0.15, 0.2) is 41.3 Å². The Labute approximate surface area is 105 Å². The Balaban J connectivity index is 2.51. The van der Waals surface area contributed by atoms with Crippen LogP contribution >= 0.6 is 11.6 Å². The average Bonchev–Trinajstić information content (AvgIpc) is 2.32. The highest BCUT2D eigenvalue weighted by atomic mass is 35.5. The largest absolute Gasteiger partial charge is 0.416 e. The van der Waals surface area contributed by atoms with Gasteiger partial charge in [-0.3, -0.25) is 4.79 Å². The van der Waals surface area contributed by atoms with Gasteiger partial charge in [-0.2, -0.15) is 13.2 Å². The zero-order valence-corrected chi connectivity index (χ0v) is 9.64. The van der Waals surface area contributed by atoms with Gasteiger partial charge in [0.15, 0.2) is 0 Å². The van der Waals surface area contributed by atoms with Crippen molar-refractivity contribution in [1.82, 2.24) is 4.98 Å². The first kappa shape index (κ1) is 12.7. The Hall–Kier alpha value is -1.75. The van der Waals surface area contributed by atoms with Crippen LogP contribution in [0, 0.1) is 0 Å². The Morgan fingerprint density at radius 3 is 2.44 bits per heavy atom. The van der Waals surface area contributed by atoms with Gasteiger partial charge in [0.1, 0.15) is 5.02 Å². The van der Waals surface area contributed by atoms with Gasteiger partial charge in [-0.05, 0) is 29.3 Å². The van der Waals surface area contributed by atoms with Crippen molar-refractivity contribution in [3.05, 3.63) is 57.5 Å². The van der Waals surface area contributed by atoms with E-state index >= 15 is 0 Å². The van der Waals surface area contributed by atoms with Gasteiger partial charge in [0.05, 0.1) is 5.56 Å². The molecule has 1 heterocycles. The van der Waals surface area contributed by atoms with Gasteiger partial charge >= 0.3 is 6.18 Å². The number of H-pyrrole nitrogens is 1. The fraction of sp³-hybridized carbons (Fsp3) is 0.0833. The molecule has 0 spiro atoms. The van der Waals surface area contributed by atoms with E-state index in [4.69, 9.17) is 11.6 Å². The molecule has 1 aromatic heterocycles. The predicted molar refractivity (Wildman–Crippen MR) is 62.5 cm³/mol. The molecule has 1 aromatic carbocycles. The summed E-state index contributed by atoms with van der Waals surface area (Å²) in [6.45, 7) is 0. The number of rotatable bonds is 1. The molecule has 18 heavy (non-hydrogen) atoms. The average molecular weight is 274 g/mol. The molecule has 0 aliphatic rings. The summed E-state index contributed by atoms with van der Waals surface area (Å²) < 4.78 is 37.6. The Morgan fingerprint density at radius 1 is 1.11 bits per heavy atom. The zero-order valence-electron chi connectivity index (χ0n) is 8.88. The van der Waals surface area contributed by atoms with Crippen molar-refractivity contribution in [2.75, 3.05) is 0 Å². The molecule has 2 rings (SSSR count). The first-order valence-corrected chi connectivity index (χ1v) is 5.31. The van der Waals surface area contributed by atoms with Crippen molar-refractivity contribution >= 4 is 11.6 Å². The highest BCUT2D eigenvalue weighted by Gasteiger charge is 2.30. The minimum Gasteiger partial charge on any atom is -0.327 e. The lowest BCUT2D eigenvalue weighted by Gasteiger charge is -2.08. The van der Waals surface area contributed by atoms with Gasteiger partial charge in [0, 0.05) is 6.20 Å². The SMILES string of the molecule is O=c1[nH]cc(-c2cccc(C(F)(F)F)c2)cc1Cl. The maximum atomic E-state index is 12.5. The Kier molecular flexibility index (Phi) is 3.17. The van der Waals surface area contributed by atoms with E-state index < -0.39 is 17.3 Å². The van der Waals surface area contributed by atoms with Crippen LogP contribution < -0.4 is 5.56 Å². The lowest BCUT2D eigenvalue weighted by molar-refractivity contribution is -0.137. The van der Waals surface area contributed by atoms with Gasteiger partial charge in [0.2, 0.25) is 0 Å². The van der Waals surface area contributed by atoms with Crippen LogP contribution in [0.4, 0.5) is 13.2 Å². The molecule has 2 nitrogen and oxygen atoms in total. The topological polar surface area (TPSA) is 32.9 Å². The van der Waals surface area contributed by atoms with E-state index in [1.807, 2.05) is 0 Å². The van der Waals surface area contributed by atoms with E-state index in [9.17, 15) is 18.0 Å². The maximum absolute atomic E-state index is 12.5. The second-order valence-corrected chi connectivity index (χ2v) is 4.05. The van der Waals surface area contributed by atoms with Crippen LogP contribution in [0.2, 0.25) is 5.02 Å². The number of halogens is 4. The number of hydrogen-bond donors (Lipinski definition) is 1. The molecule has 0 bridgehead atoms. The third-order valence-corrected chi connectivity index (χ3v) is 2.66. The standard InChI is InChI=1S/C12H7ClF3NO/c13-10-5-8(6-17-11(10)18)7-2-1-3-9(4-7)12(14,15)16/h1-6H,(H,17,18). The van der Waals surface area contributed by atoms with Crippen molar-refractivity contribution in [2.24, 2.45) is 0 Å². The summed E-state index contributed by atoms with van der Waals surface area (Å²) in [6.07, 6.45) is -3.08. The molecule has 0 radical (unpaired) electrons. The molecule has 0 aliphatic heterocycles. The molecule has 0 atom stereocenters. The summed E-state index contributed by atoms with van der Waals surface area (Å²) in [7, 11) is 0. The number of hydrogen-bond acceptors (Lipinski definition) is 1. The van der Waals surface area contributed by atoms with E-state index in [2.05, 4.69) is 4.98 Å². The summed E-state index contributed by atoms with van der Waals surface area (Å²) in [5.41, 5.74) is -0.469. The van der Waals surface area contributed by atoms with Crippen LogP contribution in [0.5, 0.6) is 0 Å². The van der Waals surface area contributed by atoms with Crippen molar-refractivity contribution < 1.29 is 13.2 Å². The summed E-state index contributed by atoms with van der Waals surface area (Å²) >= 11 is 5.63. The molecule has 0 unspecified atom stereocenters. The summed E-state index contributed by atoms with van der Waals surface area (Å²) in [5, 5.41) is -0.0649. The summed E-state index contributed by atoms with van der Waals surface area (Å²) in [5.74, 6) is 0. The number of benzene rings is 1. The number of aromatic nitrogens is 1. The van der Waals surface area contributed by atoms with Crippen molar-refractivity contribution in [1.29, 1.82) is 0 Å². The van der Waals surface area contributed by atoms with E-state index in [1.165, 1.54) is 24.4 Å². The quantitative estimate of drug-likeness (QED) is 0.844. The van der Waals surface area contributed by atoms with E-state index in [0.29, 0.717) is 11.1 Å². The molecule has 6 heteroatoms.